The Labute approximate surface area is 146 Å². The number of hydrogen-bond acceptors (Lipinski definition) is 0. The van der Waals surface area contributed by atoms with Crippen LogP contribution in [0, 0.1) is 40.9 Å². The lowest BCUT2D eigenvalue weighted by Gasteiger charge is -2.55. The van der Waals surface area contributed by atoms with E-state index in [9.17, 15) is 13.2 Å². The second kappa shape index (κ2) is 6.83. The van der Waals surface area contributed by atoms with Crippen molar-refractivity contribution in [2.45, 2.75) is 91.2 Å². The fourth-order valence-corrected chi connectivity index (χ4v) is 7.14. The molecule has 4 saturated carbocycles. The van der Waals surface area contributed by atoms with Crippen molar-refractivity contribution in [1.29, 1.82) is 0 Å². The van der Waals surface area contributed by atoms with Crippen molar-refractivity contribution < 1.29 is 13.2 Å². The van der Waals surface area contributed by atoms with E-state index in [1.165, 1.54) is 38.5 Å². The Bertz CT molecular complexity index is 429. The zero-order valence-electron chi connectivity index (χ0n) is 15.7. The van der Waals surface area contributed by atoms with Crippen molar-refractivity contribution in [1.82, 2.24) is 0 Å². The van der Waals surface area contributed by atoms with Gasteiger partial charge in [0.2, 0.25) is 0 Å². The molecule has 0 bridgehead atoms. The first-order valence-electron chi connectivity index (χ1n) is 10.5. The van der Waals surface area contributed by atoms with Gasteiger partial charge in [0.25, 0.3) is 0 Å². The highest BCUT2D eigenvalue weighted by Crippen LogP contribution is 2.63. The summed E-state index contributed by atoms with van der Waals surface area (Å²) < 4.78 is 39.2. The first-order chi connectivity index (χ1) is 11.4. The lowest BCUT2D eigenvalue weighted by molar-refractivity contribution is -0.195. The Morgan fingerprint density at radius 1 is 0.792 bits per heavy atom. The largest absolute Gasteiger partial charge is 0.391 e. The Balaban J connectivity index is 0.000000815. The van der Waals surface area contributed by atoms with E-state index in [1.807, 2.05) is 13.8 Å². The van der Waals surface area contributed by atoms with Gasteiger partial charge in [-0.1, -0.05) is 27.2 Å². The molecular weight excluding hydrogens is 309 g/mol. The van der Waals surface area contributed by atoms with Crippen molar-refractivity contribution in [2.24, 2.45) is 40.9 Å². The molecule has 24 heavy (non-hydrogen) atoms. The SMILES string of the molecule is CC.CC12CCCC1C1CCC3CC(C(F)(F)F)CCC3C1CC2. The summed E-state index contributed by atoms with van der Waals surface area (Å²) in [7, 11) is 0. The van der Waals surface area contributed by atoms with Crippen LogP contribution >= 0.6 is 0 Å². The van der Waals surface area contributed by atoms with Gasteiger partial charge < -0.3 is 0 Å². The molecule has 0 heterocycles. The summed E-state index contributed by atoms with van der Waals surface area (Å²) in [5, 5.41) is 0. The van der Waals surface area contributed by atoms with Crippen LogP contribution in [0.15, 0.2) is 0 Å². The molecule has 3 heteroatoms. The second-order valence-corrected chi connectivity index (χ2v) is 9.07. The smallest absolute Gasteiger partial charge is 0.171 e. The van der Waals surface area contributed by atoms with Gasteiger partial charge in [-0.05, 0) is 92.8 Å². The average molecular weight is 345 g/mol. The van der Waals surface area contributed by atoms with Crippen molar-refractivity contribution in [2.75, 3.05) is 0 Å². The van der Waals surface area contributed by atoms with E-state index in [4.69, 9.17) is 0 Å². The van der Waals surface area contributed by atoms with Gasteiger partial charge in [-0.2, -0.15) is 13.2 Å². The predicted molar refractivity (Wildman–Crippen MR) is 92.6 cm³/mol. The minimum Gasteiger partial charge on any atom is -0.171 e. The molecule has 4 aliphatic rings. The van der Waals surface area contributed by atoms with E-state index in [2.05, 4.69) is 6.92 Å². The molecule has 0 saturated heterocycles. The molecule has 140 valence electrons. The number of rotatable bonds is 0. The van der Waals surface area contributed by atoms with E-state index in [-0.39, 0.29) is 0 Å². The molecule has 0 N–H and O–H groups in total. The van der Waals surface area contributed by atoms with Crippen LogP contribution in [0.3, 0.4) is 0 Å². The summed E-state index contributed by atoms with van der Waals surface area (Å²) >= 11 is 0. The molecule has 0 amide bonds. The molecule has 4 rings (SSSR count). The topological polar surface area (TPSA) is 0 Å². The van der Waals surface area contributed by atoms with E-state index >= 15 is 0 Å². The molecule has 4 fully saturated rings. The van der Waals surface area contributed by atoms with Gasteiger partial charge in [-0.25, -0.2) is 0 Å². The second-order valence-electron chi connectivity index (χ2n) is 9.07. The molecule has 0 nitrogen and oxygen atoms in total. The molecule has 0 aromatic rings. The average Bonchev–Trinajstić information content (AvgIpc) is 2.97. The Morgan fingerprint density at radius 3 is 2.21 bits per heavy atom. The van der Waals surface area contributed by atoms with Gasteiger partial charge in [0, 0.05) is 0 Å². The summed E-state index contributed by atoms with van der Waals surface area (Å²) in [4.78, 5) is 0. The van der Waals surface area contributed by atoms with Crippen LogP contribution in [-0.2, 0) is 0 Å². The molecule has 0 radical (unpaired) electrons. The van der Waals surface area contributed by atoms with Crippen LogP contribution in [-0.4, -0.2) is 6.18 Å². The summed E-state index contributed by atoms with van der Waals surface area (Å²) in [6, 6.07) is 0. The molecule has 0 aromatic heterocycles. The maximum Gasteiger partial charge on any atom is 0.391 e. The number of fused-ring (bicyclic) bond motifs is 5. The van der Waals surface area contributed by atoms with Gasteiger partial charge in [0.05, 0.1) is 5.92 Å². The van der Waals surface area contributed by atoms with Gasteiger partial charge in [0.1, 0.15) is 0 Å². The first-order valence-corrected chi connectivity index (χ1v) is 10.5. The molecule has 0 aliphatic heterocycles. The van der Waals surface area contributed by atoms with E-state index < -0.39 is 12.1 Å². The van der Waals surface area contributed by atoms with Crippen molar-refractivity contribution in [3.63, 3.8) is 0 Å². The number of alkyl halides is 3. The third-order valence-corrected chi connectivity index (χ3v) is 8.20. The van der Waals surface area contributed by atoms with Crippen molar-refractivity contribution in [3.05, 3.63) is 0 Å². The fourth-order valence-electron chi connectivity index (χ4n) is 7.14. The molecule has 0 spiro atoms. The standard InChI is InChI=1S/C19H29F3.C2H6/c1-18-9-2-3-17(18)16-6-4-12-11-13(19(20,21)22)5-7-14(12)15(16)8-10-18;1-2/h12-17H,2-11H2,1H3;1-2H3. The van der Waals surface area contributed by atoms with Crippen LogP contribution in [0.25, 0.3) is 0 Å². The van der Waals surface area contributed by atoms with E-state index in [1.54, 1.807) is 0 Å². The predicted octanol–water partition coefficient (Wildman–Crippen LogP) is 7.23. The summed E-state index contributed by atoms with van der Waals surface area (Å²) in [6.07, 6.45) is 6.81. The molecule has 7 atom stereocenters. The highest BCUT2D eigenvalue weighted by atomic mass is 19.4. The Hall–Kier alpha value is -0.210. The number of halogens is 3. The molecule has 4 aliphatic carbocycles. The third-order valence-electron chi connectivity index (χ3n) is 8.20. The highest BCUT2D eigenvalue weighted by Gasteiger charge is 2.55. The maximum atomic E-state index is 13.1. The zero-order chi connectivity index (χ0) is 17.5. The van der Waals surface area contributed by atoms with E-state index in [0.29, 0.717) is 30.1 Å². The third kappa shape index (κ3) is 3.14. The minimum absolute atomic E-state index is 0.368. The summed E-state index contributed by atoms with van der Waals surface area (Å²) in [6.45, 7) is 6.49. The van der Waals surface area contributed by atoms with Crippen LogP contribution < -0.4 is 0 Å². The lowest BCUT2D eigenvalue weighted by Crippen LogP contribution is -2.48. The van der Waals surface area contributed by atoms with Gasteiger partial charge in [-0.15, -0.1) is 0 Å². The van der Waals surface area contributed by atoms with Crippen LogP contribution in [0.5, 0.6) is 0 Å². The highest BCUT2D eigenvalue weighted by molar-refractivity contribution is 5.03. The Kier molecular flexibility index (Phi) is 5.29. The monoisotopic (exact) mass is 344 g/mol. The van der Waals surface area contributed by atoms with Crippen molar-refractivity contribution >= 4 is 0 Å². The summed E-state index contributed by atoms with van der Waals surface area (Å²) in [5.41, 5.74) is 0.567. The van der Waals surface area contributed by atoms with E-state index in [0.717, 1.165) is 30.6 Å². The quantitative estimate of drug-likeness (QED) is 0.434. The zero-order valence-corrected chi connectivity index (χ0v) is 15.7. The van der Waals surface area contributed by atoms with Crippen LogP contribution in [0.2, 0.25) is 0 Å². The van der Waals surface area contributed by atoms with Gasteiger partial charge >= 0.3 is 6.18 Å². The van der Waals surface area contributed by atoms with Crippen LogP contribution in [0.4, 0.5) is 13.2 Å². The maximum absolute atomic E-state index is 13.1. The van der Waals surface area contributed by atoms with Gasteiger partial charge in [-0.3, -0.25) is 0 Å². The molecule has 0 aromatic carbocycles. The van der Waals surface area contributed by atoms with Crippen LogP contribution in [0.1, 0.15) is 85.0 Å². The number of hydrogen-bond donors (Lipinski definition) is 0. The fraction of sp³-hybridized carbons (Fsp3) is 1.00. The lowest BCUT2D eigenvalue weighted by atomic mass is 9.50. The molecule has 7 unspecified atom stereocenters. The molecular formula is C21H35F3. The minimum atomic E-state index is -3.96. The van der Waals surface area contributed by atoms with Crippen molar-refractivity contribution in [3.8, 4) is 0 Å². The Morgan fingerprint density at radius 2 is 1.50 bits per heavy atom. The summed E-state index contributed by atoms with van der Waals surface area (Å²) in [5.74, 6) is 2.45. The normalized spacial score (nSPS) is 47.8. The first kappa shape index (κ1) is 18.6. The van der Waals surface area contributed by atoms with Gasteiger partial charge in [0.15, 0.2) is 0 Å².